The Labute approximate surface area is 98.1 Å². The van der Waals surface area contributed by atoms with Crippen LogP contribution in [0, 0.1) is 0 Å². The molecule has 1 rings (SSSR count). The fraction of sp³-hybridized carbons (Fsp3) is 0.364. The predicted molar refractivity (Wildman–Crippen MR) is 61.0 cm³/mol. The number of carbonyl (C=O) groups excluding carboxylic acids is 1. The van der Waals surface area contributed by atoms with Crippen LogP contribution >= 0.6 is 0 Å². The zero-order valence-corrected chi connectivity index (χ0v) is 9.71. The second-order valence-electron chi connectivity index (χ2n) is 3.60. The Balaban J connectivity index is 2.98. The van der Waals surface area contributed by atoms with Crippen LogP contribution in [0.3, 0.4) is 0 Å². The van der Waals surface area contributed by atoms with Gasteiger partial charge in [-0.15, -0.1) is 0 Å². The average Bonchev–Trinajstić information content (AvgIpc) is 2.30. The van der Waals surface area contributed by atoms with E-state index in [0.717, 1.165) is 10.6 Å². The maximum Gasteiger partial charge on any atom is 0.337 e. The minimum absolute atomic E-state index is 0.0171. The highest BCUT2D eigenvalue weighted by Gasteiger charge is 2.10. The molecule has 0 aliphatic heterocycles. The summed E-state index contributed by atoms with van der Waals surface area (Å²) < 4.78 is 1.10. The molecular formula is C11H14N2O4. The first-order valence-electron chi connectivity index (χ1n) is 5.13. The molecule has 0 spiro atoms. The quantitative estimate of drug-likeness (QED) is 0.802. The van der Waals surface area contributed by atoms with Gasteiger partial charge in [-0.05, 0) is 13.0 Å². The van der Waals surface area contributed by atoms with Gasteiger partial charge in [-0.2, -0.15) is 0 Å². The molecule has 0 fully saturated rings. The lowest BCUT2D eigenvalue weighted by Crippen LogP contribution is -2.33. The van der Waals surface area contributed by atoms with E-state index in [1.807, 2.05) is 6.92 Å². The average molecular weight is 238 g/mol. The zero-order valence-electron chi connectivity index (χ0n) is 9.71. The standard InChI is InChI=1S/C11H14N2O4/c1-3-12(2)10(15)7-13-6-8(11(16)17)4-5-9(13)14/h4-6H,3,7H2,1-2H3,(H,16,17). The Kier molecular flexibility index (Phi) is 4.03. The number of aromatic carboxylic acids is 1. The largest absolute Gasteiger partial charge is 0.478 e. The van der Waals surface area contributed by atoms with Gasteiger partial charge in [0.05, 0.1) is 5.56 Å². The number of rotatable bonds is 4. The Morgan fingerprint density at radius 3 is 2.59 bits per heavy atom. The first-order chi connectivity index (χ1) is 7.95. The molecule has 0 atom stereocenters. The molecule has 1 heterocycles. The molecule has 17 heavy (non-hydrogen) atoms. The summed E-state index contributed by atoms with van der Waals surface area (Å²) in [5.41, 5.74) is -0.413. The highest BCUT2D eigenvalue weighted by atomic mass is 16.4. The van der Waals surface area contributed by atoms with Gasteiger partial charge in [0.25, 0.3) is 5.56 Å². The number of carboxylic acid groups (broad SMARTS) is 1. The molecule has 0 aliphatic rings. The smallest absolute Gasteiger partial charge is 0.337 e. The molecule has 1 aromatic heterocycles. The van der Waals surface area contributed by atoms with E-state index in [-0.39, 0.29) is 18.0 Å². The molecule has 92 valence electrons. The van der Waals surface area contributed by atoms with Gasteiger partial charge in [0.2, 0.25) is 5.91 Å². The van der Waals surface area contributed by atoms with Crippen molar-refractivity contribution in [3.8, 4) is 0 Å². The number of aromatic nitrogens is 1. The minimum Gasteiger partial charge on any atom is -0.478 e. The molecule has 0 unspecified atom stereocenters. The van der Waals surface area contributed by atoms with Crippen LogP contribution in [0.2, 0.25) is 0 Å². The fourth-order valence-electron chi connectivity index (χ4n) is 1.22. The van der Waals surface area contributed by atoms with Crippen molar-refractivity contribution in [1.82, 2.24) is 9.47 Å². The SMILES string of the molecule is CCN(C)C(=O)Cn1cc(C(=O)O)ccc1=O. The van der Waals surface area contributed by atoms with E-state index in [0.29, 0.717) is 6.54 Å². The van der Waals surface area contributed by atoms with Crippen LogP contribution in [-0.4, -0.2) is 40.0 Å². The number of amides is 1. The van der Waals surface area contributed by atoms with Crippen molar-refractivity contribution < 1.29 is 14.7 Å². The molecule has 0 aromatic carbocycles. The van der Waals surface area contributed by atoms with Gasteiger partial charge in [-0.3, -0.25) is 9.59 Å². The maximum absolute atomic E-state index is 11.6. The van der Waals surface area contributed by atoms with Crippen LogP contribution in [0.15, 0.2) is 23.1 Å². The Bertz CT molecular complexity index is 492. The normalized spacial score (nSPS) is 10.0. The lowest BCUT2D eigenvalue weighted by molar-refractivity contribution is -0.130. The molecule has 1 amide bonds. The zero-order chi connectivity index (χ0) is 13.0. The summed E-state index contributed by atoms with van der Waals surface area (Å²) in [4.78, 5) is 35.2. The molecule has 0 saturated carbocycles. The van der Waals surface area contributed by atoms with Gasteiger partial charge in [-0.1, -0.05) is 0 Å². The van der Waals surface area contributed by atoms with E-state index in [9.17, 15) is 14.4 Å². The highest BCUT2D eigenvalue weighted by Crippen LogP contribution is 1.96. The van der Waals surface area contributed by atoms with Gasteiger partial charge in [-0.25, -0.2) is 4.79 Å². The Morgan fingerprint density at radius 2 is 2.06 bits per heavy atom. The first-order valence-corrected chi connectivity index (χ1v) is 5.13. The number of hydrogen-bond donors (Lipinski definition) is 1. The van der Waals surface area contributed by atoms with Crippen LogP contribution in [0.4, 0.5) is 0 Å². The van der Waals surface area contributed by atoms with E-state index >= 15 is 0 Å². The lowest BCUT2D eigenvalue weighted by Gasteiger charge is -2.15. The summed E-state index contributed by atoms with van der Waals surface area (Å²) in [6, 6.07) is 2.36. The summed E-state index contributed by atoms with van der Waals surface area (Å²) in [5.74, 6) is -1.37. The molecule has 1 aromatic rings. The van der Waals surface area contributed by atoms with E-state index < -0.39 is 11.5 Å². The van der Waals surface area contributed by atoms with Crippen LogP contribution in [0.5, 0.6) is 0 Å². The summed E-state index contributed by atoms with van der Waals surface area (Å²) in [7, 11) is 1.62. The summed E-state index contributed by atoms with van der Waals surface area (Å²) in [6.45, 7) is 2.20. The molecule has 0 aliphatic carbocycles. The minimum atomic E-state index is -1.13. The van der Waals surface area contributed by atoms with Gasteiger partial charge in [0.1, 0.15) is 6.54 Å². The predicted octanol–water partition coefficient (Wildman–Crippen LogP) is 0.0248. The van der Waals surface area contributed by atoms with Gasteiger partial charge in [0, 0.05) is 25.9 Å². The van der Waals surface area contributed by atoms with E-state index in [2.05, 4.69) is 0 Å². The van der Waals surface area contributed by atoms with Crippen molar-refractivity contribution >= 4 is 11.9 Å². The van der Waals surface area contributed by atoms with Crippen LogP contribution in [0.1, 0.15) is 17.3 Å². The van der Waals surface area contributed by atoms with Crippen LogP contribution in [0.25, 0.3) is 0 Å². The topological polar surface area (TPSA) is 79.6 Å². The van der Waals surface area contributed by atoms with Gasteiger partial charge in [0.15, 0.2) is 0 Å². The molecule has 0 radical (unpaired) electrons. The lowest BCUT2D eigenvalue weighted by atomic mass is 10.3. The first kappa shape index (κ1) is 13.0. The monoisotopic (exact) mass is 238 g/mol. The van der Waals surface area contributed by atoms with Gasteiger partial charge >= 0.3 is 5.97 Å². The van der Waals surface area contributed by atoms with Gasteiger partial charge < -0.3 is 14.6 Å². The van der Waals surface area contributed by atoms with Crippen molar-refractivity contribution in [2.75, 3.05) is 13.6 Å². The third-order valence-corrected chi connectivity index (χ3v) is 2.44. The number of hydrogen-bond acceptors (Lipinski definition) is 3. The molecule has 6 nitrogen and oxygen atoms in total. The molecule has 1 N–H and O–H groups in total. The van der Waals surface area contributed by atoms with Crippen molar-refractivity contribution in [1.29, 1.82) is 0 Å². The van der Waals surface area contributed by atoms with E-state index in [1.165, 1.54) is 17.2 Å². The molecule has 6 heteroatoms. The number of pyridine rings is 1. The highest BCUT2D eigenvalue weighted by molar-refractivity contribution is 5.87. The Hall–Kier alpha value is -2.11. The maximum atomic E-state index is 11.6. The third kappa shape index (κ3) is 3.17. The van der Waals surface area contributed by atoms with E-state index in [4.69, 9.17) is 5.11 Å². The van der Waals surface area contributed by atoms with Crippen molar-refractivity contribution in [2.45, 2.75) is 13.5 Å². The number of nitrogens with zero attached hydrogens (tertiary/aromatic N) is 2. The van der Waals surface area contributed by atoms with Crippen LogP contribution in [-0.2, 0) is 11.3 Å². The summed E-state index contributed by atoms with van der Waals surface area (Å²) >= 11 is 0. The number of carboxylic acids is 1. The van der Waals surface area contributed by atoms with Crippen molar-refractivity contribution in [2.24, 2.45) is 0 Å². The Morgan fingerprint density at radius 1 is 1.41 bits per heavy atom. The fourth-order valence-corrected chi connectivity index (χ4v) is 1.22. The third-order valence-electron chi connectivity index (χ3n) is 2.44. The number of carbonyl (C=O) groups is 2. The second-order valence-corrected chi connectivity index (χ2v) is 3.60. The van der Waals surface area contributed by atoms with E-state index in [1.54, 1.807) is 7.05 Å². The number of likely N-dealkylation sites (N-methyl/N-ethyl adjacent to an activating group) is 1. The summed E-state index contributed by atoms with van der Waals surface area (Å²) in [5, 5.41) is 8.78. The van der Waals surface area contributed by atoms with Crippen molar-refractivity contribution in [3.63, 3.8) is 0 Å². The van der Waals surface area contributed by atoms with Crippen molar-refractivity contribution in [3.05, 3.63) is 34.2 Å². The molecule has 0 bridgehead atoms. The summed E-state index contributed by atoms with van der Waals surface area (Å²) in [6.07, 6.45) is 1.17. The molecular weight excluding hydrogens is 224 g/mol. The van der Waals surface area contributed by atoms with Crippen LogP contribution < -0.4 is 5.56 Å². The second kappa shape index (κ2) is 5.29. The molecule has 0 saturated heterocycles.